The lowest BCUT2D eigenvalue weighted by Gasteiger charge is -2.07. The van der Waals surface area contributed by atoms with Crippen molar-refractivity contribution in [3.05, 3.63) is 49.6 Å². The summed E-state index contributed by atoms with van der Waals surface area (Å²) in [5, 5.41) is 0. The first-order chi connectivity index (χ1) is 6.61. The van der Waals surface area contributed by atoms with Gasteiger partial charge in [-0.05, 0) is 18.8 Å². The van der Waals surface area contributed by atoms with E-state index in [1.54, 1.807) is 0 Å². The molecule has 0 aromatic carbocycles. The largest absolute Gasteiger partial charge is 0.106 e. The topological polar surface area (TPSA) is 0 Å². The smallest absolute Gasteiger partial charge is 0.0199 e. The molecule has 0 aromatic heterocycles. The van der Waals surface area contributed by atoms with Crippen LogP contribution < -0.4 is 0 Å². The molecule has 0 heterocycles. The Hall–Kier alpha value is -1.04. The quantitative estimate of drug-likeness (QED) is 0.429. The molecule has 1 atom stereocenters. The summed E-state index contributed by atoms with van der Waals surface area (Å²) >= 11 is 0. The molecule has 0 amide bonds. The first-order valence-electron chi connectivity index (χ1n) is 5.16. The van der Waals surface area contributed by atoms with E-state index in [2.05, 4.69) is 59.2 Å². The van der Waals surface area contributed by atoms with Gasteiger partial charge >= 0.3 is 0 Å². The van der Waals surface area contributed by atoms with Gasteiger partial charge < -0.3 is 0 Å². The van der Waals surface area contributed by atoms with Gasteiger partial charge in [-0.15, -0.1) is 13.2 Å². The zero-order chi connectivity index (χ0) is 11.6. The molecule has 0 nitrogen and oxygen atoms in total. The van der Waals surface area contributed by atoms with Gasteiger partial charge in [-0.2, -0.15) is 0 Å². The van der Waals surface area contributed by atoms with Gasteiger partial charge in [0.05, 0.1) is 0 Å². The fourth-order valence-electron chi connectivity index (χ4n) is 0.769. The molecule has 0 aliphatic rings. The fraction of sp³-hybridized carbons (Fsp3) is 0.429. The molecule has 0 radical (unpaired) electrons. The molecule has 0 heteroatoms. The van der Waals surface area contributed by atoms with Gasteiger partial charge in [0.15, 0.2) is 0 Å². The Morgan fingerprint density at radius 1 is 1.14 bits per heavy atom. The average Bonchev–Trinajstić information content (AvgIpc) is 2.26. The zero-order valence-corrected chi connectivity index (χ0v) is 9.97. The van der Waals surface area contributed by atoms with E-state index in [1.807, 2.05) is 0 Å². The molecule has 0 aliphatic heterocycles. The Kier molecular flexibility index (Phi) is 11.1. The van der Waals surface area contributed by atoms with Crippen molar-refractivity contribution in [2.45, 2.75) is 33.6 Å². The highest BCUT2D eigenvalue weighted by atomic mass is 14.0. The van der Waals surface area contributed by atoms with Crippen LogP contribution in [0.15, 0.2) is 49.6 Å². The molecule has 0 aromatic rings. The van der Waals surface area contributed by atoms with Crippen molar-refractivity contribution in [1.82, 2.24) is 0 Å². The van der Waals surface area contributed by atoms with E-state index in [0.29, 0.717) is 5.92 Å². The predicted molar refractivity (Wildman–Crippen MR) is 68.4 cm³/mol. The minimum Gasteiger partial charge on any atom is -0.106 e. The normalized spacial score (nSPS) is 11.6. The van der Waals surface area contributed by atoms with Crippen molar-refractivity contribution in [3.8, 4) is 0 Å². The minimum absolute atomic E-state index is 0.589. The van der Waals surface area contributed by atoms with E-state index in [1.165, 1.54) is 11.1 Å². The number of rotatable bonds is 5. The molecule has 0 rings (SSSR count). The number of allylic oxidation sites excluding steroid dienone is 4. The van der Waals surface area contributed by atoms with Gasteiger partial charge in [0.2, 0.25) is 0 Å². The van der Waals surface area contributed by atoms with Gasteiger partial charge in [0.25, 0.3) is 0 Å². The second-order valence-corrected chi connectivity index (χ2v) is 3.23. The van der Waals surface area contributed by atoms with Crippen LogP contribution in [0, 0.1) is 5.92 Å². The summed E-state index contributed by atoms with van der Waals surface area (Å²) in [5.74, 6) is 0.589. The minimum atomic E-state index is 0.589. The van der Waals surface area contributed by atoms with Gasteiger partial charge in [0, 0.05) is 0 Å². The van der Waals surface area contributed by atoms with Gasteiger partial charge in [-0.3, -0.25) is 0 Å². The summed E-state index contributed by atoms with van der Waals surface area (Å²) in [4.78, 5) is 0. The van der Waals surface area contributed by atoms with E-state index in [4.69, 9.17) is 0 Å². The molecular formula is C14H24. The molecule has 0 aliphatic carbocycles. The molecule has 0 N–H and O–H groups in total. The SMILES string of the molecule is C=C.C=C(/C=C\C(=C)C(C)CC)CC. The molecule has 0 spiro atoms. The summed E-state index contributed by atoms with van der Waals surface area (Å²) < 4.78 is 0. The standard InChI is InChI=1S/C12H20.C2H4/c1-6-10(3)8-9-12(5)11(4)7-2;1-2/h8-9,11H,3,5-7H2,1-2,4H3;1-2H2/b9-8-;. The lowest BCUT2D eigenvalue weighted by atomic mass is 9.99. The van der Waals surface area contributed by atoms with E-state index in [0.717, 1.165) is 12.8 Å². The molecular weight excluding hydrogens is 168 g/mol. The highest BCUT2D eigenvalue weighted by Crippen LogP contribution is 2.14. The van der Waals surface area contributed by atoms with Gasteiger partial charge in [-0.1, -0.05) is 57.2 Å². The Morgan fingerprint density at radius 3 is 2.00 bits per heavy atom. The third-order valence-corrected chi connectivity index (χ3v) is 2.23. The van der Waals surface area contributed by atoms with Crippen LogP contribution in [0.2, 0.25) is 0 Å². The Bertz CT molecular complexity index is 196. The van der Waals surface area contributed by atoms with Crippen LogP contribution in [0.3, 0.4) is 0 Å². The second kappa shape index (κ2) is 10.0. The van der Waals surface area contributed by atoms with Crippen LogP contribution in [0.5, 0.6) is 0 Å². The van der Waals surface area contributed by atoms with E-state index in [-0.39, 0.29) is 0 Å². The van der Waals surface area contributed by atoms with Crippen LogP contribution in [0.1, 0.15) is 33.6 Å². The maximum Gasteiger partial charge on any atom is -0.0199 e. The lowest BCUT2D eigenvalue weighted by molar-refractivity contribution is 0.672. The zero-order valence-electron chi connectivity index (χ0n) is 9.97. The molecule has 0 saturated carbocycles. The second-order valence-electron chi connectivity index (χ2n) is 3.23. The van der Waals surface area contributed by atoms with E-state index in [9.17, 15) is 0 Å². The summed E-state index contributed by atoms with van der Waals surface area (Å²) in [6.45, 7) is 20.4. The third kappa shape index (κ3) is 7.60. The van der Waals surface area contributed by atoms with Crippen LogP contribution in [-0.4, -0.2) is 0 Å². The van der Waals surface area contributed by atoms with Gasteiger partial charge in [0.1, 0.15) is 0 Å². The van der Waals surface area contributed by atoms with Crippen LogP contribution in [0.25, 0.3) is 0 Å². The average molecular weight is 192 g/mol. The highest BCUT2D eigenvalue weighted by Gasteiger charge is 1.98. The van der Waals surface area contributed by atoms with E-state index < -0.39 is 0 Å². The van der Waals surface area contributed by atoms with Crippen molar-refractivity contribution in [2.24, 2.45) is 5.92 Å². The van der Waals surface area contributed by atoms with Gasteiger partial charge in [-0.25, -0.2) is 0 Å². The summed E-state index contributed by atoms with van der Waals surface area (Å²) in [5.41, 5.74) is 2.37. The van der Waals surface area contributed by atoms with Crippen molar-refractivity contribution < 1.29 is 0 Å². The third-order valence-electron chi connectivity index (χ3n) is 2.23. The molecule has 80 valence electrons. The van der Waals surface area contributed by atoms with Crippen molar-refractivity contribution >= 4 is 0 Å². The lowest BCUT2D eigenvalue weighted by Crippen LogP contribution is -1.92. The molecule has 0 fully saturated rings. The fourth-order valence-corrected chi connectivity index (χ4v) is 0.769. The Balaban J connectivity index is 0. The van der Waals surface area contributed by atoms with Crippen molar-refractivity contribution in [1.29, 1.82) is 0 Å². The number of hydrogen-bond donors (Lipinski definition) is 0. The maximum atomic E-state index is 4.00. The van der Waals surface area contributed by atoms with Crippen LogP contribution >= 0.6 is 0 Å². The summed E-state index contributed by atoms with van der Waals surface area (Å²) in [6, 6.07) is 0. The van der Waals surface area contributed by atoms with Crippen molar-refractivity contribution in [3.63, 3.8) is 0 Å². The maximum absolute atomic E-state index is 4.00. The van der Waals surface area contributed by atoms with Crippen LogP contribution in [0.4, 0.5) is 0 Å². The molecule has 14 heavy (non-hydrogen) atoms. The Labute approximate surface area is 89.7 Å². The highest BCUT2D eigenvalue weighted by molar-refractivity contribution is 5.25. The molecule has 0 bridgehead atoms. The Morgan fingerprint density at radius 2 is 1.64 bits per heavy atom. The molecule has 1 unspecified atom stereocenters. The first kappa shape index (κ1) is 15.4. The van der Waals surface area contributed by atoms with Crippen molar-refractivity contribution in [2.75, 3.05) is 0 Å². The first-order valence-corrected chi connectivity index (χ1v) is 5.16. The van der Waals surface area contributed by atoms with E-state index >= 15 is 0 Å². The summed E-state index contributed by atoms with van der Waals surface area (Å²) in [7, 11) is 0. The van der Waals surface area contributed by atoms with Crippen LogP contribution in [-0.2, 0) is 0 Å². The summed E-state index contributed by atoms with van der Waals surface area (Å²) in [6.07, 6.45) is 6.32. The molecule has 0 saturated heterocycles. The monoisotopic (exact) mass is 192 g/mol. The number of hydrogen-bond acceptors (Lipinski definition) is 0. The predicted octanol–water partition coefficient (Wildman–Crippen LogP) is 4.91.